The molecule has 0 aliphatic heterocycles. The molecule has 25 heavy (non-hydrogen) atoms. The number of benzene rings is 1. The summed E-state index contributed by atoms with van der Waals surface area (Å²) in [7, 11) is 1.55. The lowest BCUT2D eigenvalue weighted by molar-refractivity contribution is 0.0997. The van der Waals surface area contributed by atoms with Crippen LogP contribution in [-0.2, 0) is 0 Å². The van der Waals surface area contributed by atoms with Gasteiger partial charge in [-0.1, -0.05) is 67.8 Å². The van der Waals surface area contributed by atoms with E-state index in [1.165, 1.54) is 0 Å². The predicted octanol–water partition coefficient (Wildman–Crippen LogP) is 4.77. The third-order valence-corrected chi connectivity index (χ3v) is 4.15. The minimum Gasteiger partial charge on any atom is -0.496 e. The fourth-order valence-electron chi connectivity index (χ4n) is 3.11. The van der Waals surface area contributed by atoms with Gasteiger partial charge in [0.1, 0.15) is 5.18 Å². The molecular weight excluding hydrogens is 659 g/mol. The zero-order valence-electron chi connectivity index (χ0n) is 14.1. The van der Waals surface area contributed by atoms with Crippen molar-refractivity contribution in [2.24, 2.45) is 11.5 Å². The standard InChI is InChI=1S/C15H19N3O2.C2H3I3/c1-20-14-8-13-9(6-12(14)15(17)19)4-5-18(13)11-3-2-10(16)7-11;1-2(3,4)5/h4-6,8,10-11H,2-3,7,16H2,1H3,(H2,17,19);1H3/t10-,11-;/m0./s1. The number of rotatable bonds is 3. The van der Waals surface area contributed by atoms with Crippen molar-refractivity contribution in [1.82, 2.24) is 4.57 Å². The van der Waals surface area contributed by atoms with Gasteiger partial charge < -0.3 is 20.8 Å². The number of nitrogens with zero attached hydrogens (tertiary/aromatic N) is 1. The van der Waals surface area contributed by atoms with E-state index < -0.39 is 5.91 Å². The van der Waals surface area contributed by atoms with Gasteiger partial charge in [-0.2, -0.15) is 0 Å². The molecule has 1 aromatic carbocycles. The summed E-state index contributed by atoms with van der Waals surface area (Å²) >= 11 is 7.05. The van der Waals surface area contributed by atoms with Gasteiger partial charge in [-0.05, 0) is 38.3 Å². The van der Waals surface area contributed by atoms with E-state index in [1.54, 1.807) is 13.2 Å². The number of ether oxygens (including phenoxy) is 1. The smallest absolute Gasteiger partial charge is 0.252 e. The van der Waals surface area contributed by atoms with Crippen LogP contribution in [0.25, 0.3) is 10.9 Å². The van der Waals surface area contributed by atoms with Crippen LogP contribution in [-0.4, -0.2) is 23.1 Å². The summed E-state index contributed by atoms with van der Waals surface area (Å²) in [4.78, 5) is 11.4. The second-order valence-corrected chi connectivity index (χ2v) is 18.9. The van der Waals surface area contributed by atoms with Gasteiger partial charge in [0, 0.05) is 29.7 Å². The lowest BCUT2D eigenvalue weighted by Gasteiger charge is -2.15. The van der Waals surface area contributed by atoms with Crippen molar-refractivity contribution < 1.29 is 9.53 Å². The molecular formula is C17H22I3N3O2. The van der Waals surface area contributed by atoms with E-state index in [0.29, 0.717) is 16.8 Å². The number of aromatic nitrogens is 1. The number of carbonyl (C=O) groups excluding carboxylic acids is 1. The molecule has 1 amide bonds. The van der Waals surface area contributed by atoms with Crippen molar-refractivity contribution in [3.8, 4) is 5.75 Å². The number of amides is 1. The molecule has 2 aromatic rings. The number of primary amides is 1. The molecule has 0 spiro atoms. The van der Waals surface area contributed by atoms with Crippen molar-refractivity contribution >= 4 is 84.6 Å². The van der Waals surface area contributed by atoms with Gasteiger partial charge in [0.05, 0.1) is 18.2 Å². The average Bonchev–Trinajstić information content (AvgIpc) is 3.09. The minimum atomic E-state index is -0.473. The SMILES string of the molecule is CC(I)(I)I.COc1cc2c(ccn2[C@H]2CC[C@H](N)C2)cc1C(N)=O. The second-order valence-electron chi connectivity index (χ2n) is 6.21. The van der Waals surface area contributed by atoms with E-state index in [1.807, 2.05) is 12.1 Å². The van der Waals surface area contributed by atoms with E-state index in [-0.39, 0.29) is 6.04 Å². The Labute approximate surface area is 189 Å². The summed E-state index contributed by atoms with van der Waals surface area (Å²) in [6, 6.07) is 6.39. The number of carbonyl (C=O) groups is 1. The molecule has 138 valence electrons. The van der Waals surface area contributed by atoms with Crippen LogP contribution in [0.2, 0.25) is 0 Å². The summed E-state index contributed by atoms with van der Waals surface area (Å²) in [6.45, 7) is 2.15. The minimum absolute atomic E-state index is 0.282. The highest BCUT2D eigenvalue weighted by molar-refractivity contribution is 14.3. The van der Waals surface area contributed by atoms with Gasteiger partial charge in [-0.3, -0.25) is 4.79 Å². The van der Waals surface area contributed by atoms with Crippen molar-refractivity contribution in [1.29, 1.82) is 0 Å². The van der Waals surface area contributed by atoms with Crippen molar-refractivity contribution in [3.05, 3.63) is 30.0 Å². The molecule has 1 aliphatic carbocycles. The largest absolute Gasteiger partial charge is 0.496 e. The van der Waals surface area contributed by atoms with E-state index >= 15 is 0 Å². The number of alkyl halides is 3. The van der Waals surface area contributed by atoms with Gasteiger partial charge in [0.15, 0.2) is 0 Å². The first kappa shape index (κ1) is 21.5. The molecule has 0 unspecified atom stereocenters. The summed E-state index contributed by atoms with van der Waals surface area (Å²) in [6.07, 6.45) is 5.19. The van der Waals surface area contributed by atoms with Crippen LogP contribution in [0.3, 0.4) is 0 Å². The Kier molecular flexibility index (Phi) is 7.66. The summed E-state index contributed by atoms with van der Waals surface area (Å²) in [5.41, 5.74) is 12.9. The number of hydrogen-bond donors (Lipinski definition) is 2. The summed E-state index contributed by atoms with van der Waals surface area (Å²) in [5, 5.41) is 1.00. The van der Waals surface area contributed by atoms with Gasteiger partial charge in [-0.25, -0.2) is 0 Å². The van der Waals surface area contributed by atoms with E-state index in [9.17, 15) is 4.79 Å². The lowest BCUT2D eigenvalue weighted by Crippen LogP contribution is -2.15. The topological polar surface area (TPSA) is 83.3 Å². The Bertz CT molecular complexity index is 749. The summed E-state index contributed by atoms with van der Waals surface area (Å²) in [5.74, 6) is 0.0478. The van der Waals surface area contributed by atoms with E-state index in [4.69, 9.17) is 16.2 Å². The van der Waals surface area contributed by atoms with Crippen LogP contribution in [0.4, 0.5) is 0 Å². The molecule has 3 rings (SSSR count). The van der Waals surface area contributed by atoms with E-state index in [2.05, 4.69) is 85.5 Å². The monoisotopic (exact) mass is 681 g/mol. The fourth-order valence-corrected chi connectivity index (χ4v) is 3.11. The Morgan fingerprint density at radius 3 is 2.44 bits per heavy atom. The zero-order valence-corrected chi connectivity index (χ0v) is 20.6. The van der Waals surface area contributed by atoms with Crippen LogP contribution in [0.1, 0.15) is 42.6 Å². The van der Waals surface area contributed by atoms with E-state index in [0.717, 1.165) is 30.2 Å². The fraction of sp³-hybridized carbons (Fsp3) is 0.471. The molecule has 1 aromatic heterocycles. The van der Waals surface area contributed by atoms with Gasteiger partial charge in [0.2, 0.25) is 0 Å². The molecule has 1 fully saturated rings. The quantitative estimate of drug-likeness (QED) is 0.362. The van der Waals surface area contributed by atoms with Crippen molar-refractivity contribution in [3.63, 3.8) is 0 Å². The van der Waals surface area contributed by atoms with Crippen LogP contribution < -0.4 is 16.2 Å². The number of halogens is 3. The van der Waals surface area contributed by atoms with Crippen LogP contribution in [0.5, 0.6) is 5.75 Å². The molecule has 4 N–H and O–H groups in total. The first-order valence-electron chi connectivity index (χ1n) is 7.91. The molecule has 1 heterocycles. The Morgan fingerprint density at radius 1 is 1.32 bits per heavy atom. The highest BCUT2D eigenvalue weighted by Gasteiger charge is 2.24. The number of nitrogens with two attached hydrogens (primary N) is 2. The van der Waals surface area contributed by atoms with Gasteiger partial charge in [-0.15, -0.1) is 0 Å². The lowest BCUT2D eigenvalue weighted by atomic mass is 10.1. The third kappa shape index (κ3) is 6.09. The molecule has 1 aliphatic rings. The number of methoxy groups -OCH3 is 1. The van der Waals surface area contributed by atoms with Crippen molar-refractivity contribution in [2.45, 2.75) is 37.7 Å². The normalized spacial score (nSPS) is 20.2. The molecule has 2 atom stereocenters. The maximum Gasteiger partial charge on any atom is 0.252 e. The molecule has 5 nitrogen and oxygen atoms in total. The molecule has 8 heteroatoms. The Morgan fingerprint density at radius 2 is 1.96 bits per heavy atom. The summed E-state index contributed by atoms with van der Waals surface area (Å²) < 4.78 is 7.93. The van der Waals surface area contributed by atoms with Gasteiger partial charge >= 0.3 is 0 Å². The molecule has 0 saturated heterocycles. The number of fused-ring (bicyclic) bond motifs is 1. The second kappa shape index (κ2) is 8.91. The highest BCUT2D eigenvalue weighted by atomic mass is 127. The Balaban J connectivity index is 0.000000399. The third-order valence-electron chi connectivity index (χ3n) is 4.15. The maximum atomic E-state index is 11.4. The maximum absolute atomic E-state index is 11.4. The molecule has 1 saturated carbocycles. The predicted molar refractivity (Wildman–Crippen MR) is 128 cm³/mol. The zero-order chi connectivity index (χ0) is 18.8. The molecule has 0 bridgehead atoms. The van der Waals surface area contributed by atoms with Crippen LogP contribution in [0, 0.1) is 0 Å². The average molecular weight is 681 g/mol. The van der Waals surface area contributed by atoms with Crippen LogP contribution >= 0.6 is 67.8 Å². The number of hydrogen-bond acceptors (Lipinski definition) is 3. The first-order chi connectivity index (χ1) is 11.6. The van der Waals surface area contributed by atoms with Crippen LogP contribution in [0.15, 0.2) is 24.4 Å². The first-order valence-corrected chi connectivity index (χ1v) is 11.1. The Hall–Kier alpha value is 0.180. The highest BCUT2D eigenvalue weighted by Crippen LogP contribution is 2.35. The van der Waals surface area contributed by atoms with Crippen molar-refractivity contribution in [2.75, 3.05) is 7.11 Å². The molecule has 0 radical (unpaired) electrons. The van der Waals surface area contributed by atoms with Gasteiger partial charge in [0.25, 0.3) is 5.91 Å².